The van der Waals surface area contributed by atoms with Gasteiger partial charge in [-0.2, -0.15) is 5.10 Å². The molecule has 0 atom stereocenters. The first-order chi connectivity index (χ1) is 11.0. The first kappa shape index (κ1) is 16.8. The number of nitrogens with one attached hydrogen (secondary N) is 2. The molecule has 9 heteroatoms. The average molecular weight is 338 g/mol. The van der Waals surface area contributed by atoms with Crippen molar-refractivity contribution in [2.45, 2.75) is 13.3 Å². The maximum atomic E-state index is 12.4. The smallest absolute Gasteiger partial charge is 0.404 e. The lowest BCUT2D eigenvalue weighted by molar-refractivity contribution is -0.118. The highest BCUT2D eigenvalue weighted by Gasteiger charge is 2.23. The van der Waals surface area contributed by atoms with Gasteiger partial charge in [-0.3, -0.25) is 14.9 Å². The van der Waals surface area contributed by atoms with E-state index in [9.17, 15) is 9.59 Å². The molecule has 0 spiro atoms. The third kappa shape index (κ3) is 3.98. The Labute approximate surface area is 137 Å². The SMILES string of the molecule is CCN(C(=O)CCNC(=O)O)c1c(Cl)n[nH]c1-c1cccnc1. The third-order valence-electron chi connectivity index (χ3n) is 3.15. The van der Waals surface area contributed by atoms with Crippen molar-refractivity contribution in [3.05, 3.63) is 29.7 Å². The molecule has 2 aromatic rings. The predicted octanol–water partition coefficient (Wildman–Crippen LogP) is 2.14. The molecule has 2 heterocycles. The molecule has 8 nitrogen and oxygen atoms in total. The Morgan fingerprint density at radius 1 is 1.48 bits per heavy atom. The minimum absolute atomic E-state index is 0.0220. The second-order valence-electron chi connectivity index (χ2n) is 4.60. The van der Waals surface area contributed by atoms with Crippen LogP contribution in [0.4, 0.5) is 10.5 Å². The summed E-state index contributed by atoms with van der Waals surface area (Å²) in [5.74, 6) is -0.255. The second-order valence-corrected chi connectivity index (χ2v) is 4.96. The molecule has 0 aliphatic heterocycles. The molecule has 2 aromatic heterocycles. The van der Waals surface area contributed by atoms with Crippen LogP contribution in [-0.4, -0.2) is 45.4 Å². The lowest BCUT2D eigenvalue weighted by atomic mass is 10.1. The Morgan fingerprint density at radius 3 is 2.87 bits per heavy atom. The molecule has 0 bridgehead atoms. The zero-order chi connectivity index (χ0) is 16.8. The quantitative estimate of drug-likeness (QED) is 0.747. The fraction of sp³-hybridized carbons (Fsp3) is 0.286. The minimum Gasteiger partial charge on any atom is -0.465 e. The van der Waals surface area contributed by atoms with Crippen LogP contribution in [0, 0.1) is 0 Å². The summed E-state index contributed by atoms with van der Waals surface area (Å²) in [4.78, 5) is 28.3. The van der Waals surface area contributed by atoms with Crippen LogP contribution in [0.1, 0.15) is 13.3 Å². The Balaban J connectivity index is 2.26. The highest BCUT2D eigenvalue weighted by Crippen LogP contribution is 2.34. The Kier molecular flexibility index (Phi) is 5.53. The van der Waals surface area contributed by atoms with Crippen LogP contribution in [0.15, 0.2) is 24.5 Å². The third-order valence-corrected chi connectivity index (χ3v) is 3.41. The highest BCUT2D eigenvalue weighted by atomic mass is 35.5. The van der Waals surface area contributed by atoms with E-state index in [4.69, 9.17) is 16.7 Å². The van der Waals surface area contributed by atoms with Crippen LogP contribution < -0.4 is 10.2 Å². The summed E-state index contributed by atoms with van der Waals surface area (Å²) in [5.41, 5.74) is 1.80. The number of rotatable bonds is 6. The van der Waals surface area contributed by atoms with Crippen LogP contribution in [0.2, 0.25) is 5.15 Å². The van der Waals surface area contributed by atoms with Gasteiger partial charge in [0.05, 0.1) is 5.69 Å². The maximum Gasteiger partial charge on any atom is 0.404 e. The van der Waals surface area contributed by atoms with Crippen LogP contribution in [0.25, 0.3) is 11.3 Å². The van der Waals surface area contributed by atoms with Crippen molar-refractivity contribution in [3.8, 4) is 11.3 Å². The lowest BCUT2D eigenvalue weighted by Gasteiger charge is -2.21. The van der Waals surface area contributed by atoms with Crippen molar-refractivity contribution in [1.82, 2.24) is 20.5 Å². The number of carbonyl (C=O) groups is 2. The zero-order valence-corrected chi connectivity index (χ0v) is 13.2. The summed E-state index contributed by atoms with van der Waals surface area (Å²) in [6.07, 6.45) is 2.13. The summed E-state index contributed by atoms with van der Waals surface area (Å²) in [5, 5.41) is 17.7. The molecule has 122 valence electrons. The van der Waals surface area contributed by atoms with Gasteiger partial charge in [-0.25, -0.2) is 4.79 Å². The number of carbonyl (C=O) groups excluding carboxylic acids is 1. The van der Waals surface area contributed by atoms with E-state index in [1.165, 1.54) is 4.90 Å². The average Bonchev–Trinajstić information content (AvgIpc) is 2.90. The van der Waals surface area contributed by atoms with Crippen LogP contribution in [0.3, 0.4) is 0 Å². The zero-order valence-electron chi connectivity index (χ0n) is 12.4. The van der Waals surface area contributed by atoms with Crippen LogP contribution >= 0.6 is 11.6 Å². The number of anilines is 1. The van der Waals surface area contributed by atoms with Gasteiger partial charge in [0.2, 0.25) is 5.91 Å². The van der Waals surface area contributed by atoms with Gasteiger partial charge in [0, 0.05) is 37.5 Å². The van der Waals surface area contributed by atoms with Gasteiger partial charge in [-0.15, -0.1) is 0 Å². The minimum atomic E-state index is -1.17. The van der Waals surface area contributed by atoms with Gasteiger partial charge in [0.25, 0.3) is 0 Å². The Hall–Kier alpha value is -2.61. The molecule has 2 amide bonds. The number of nitrogens with zero attached hydrogens (tertiary/aromatic N) is 3. The van der Waals surface area contributed by atoms with Gasteiger partial charge >= 0.3 is 6.09 Å². The molecule has 0 saturated heterocycles. The standard InChI is InChI=1S/C14H16ClN5O3/c1-2-20(10(21)5-7-17-14(22)23)12-11(18-19-13(12)15)9-4-3-6-16-8-9/h3-4,6,8,17H,2,5,7H2,1H3,(H,18,19)(H,22,23). The number of pyridine rings is 1. The molecule has 0 fully saturated rings. The summed E-state index contributed by atoms with van der Waals surface area (Å²) >= 11 is 6.13. The number of H-pyrrole nitrogens is 1. The molecule has 0 radical (unpaired) electrons. The summed E-state index contributed by atoms with van der Waals surface area (Å²) in [7, 11) is 0. The van der Waals surface area contributed by atoms with Crippen molar-refractivity contribution in [1.29, 1.82) is 0 Å². The number of hydrogen-bond acceptors (Lipinski definition) is 4. The number of carboxylic acid groups (broad SMARTS) is 1. The van der Waals surface area contributed by atoms with Crippen molar-refractivity contribution < 1.29 is 14.7 Å². The van der Waals surface area contributed by atoms with E-state index in [0.717, 1.165) is 5.56 Å². The molecule has 0 aromatic carbocycles. The van der Waals surface area contributed by atoms with Gasteiger partial charge < -0.3 is 15.3 Å². The summed E-state index contributed by atoms with van der Waals surface area (Å²) in [6, 6.07) is 3.59. The van der Waals surface area contributed by atoms with Crippen LogP contribution in [-0.2, 0) is 4.79 Å². The topological polar surface area (TPSA) is 111 Å². The number of aromatic amines is 1. The van der Waals surface area contributed by atoms with Gasteiger partial charge in [-0.1, -0.05) is 11.6 Å². The molecule has 0 aliphatic rings. The molecule has 0 aliphatic carbocycles. The lowest BCUT2D eigenvalue weighted by Crippen LogP contribution is -2.34. The highest BCUT2D eigenvalue weighted by molar-refractivity contribution is 6.33. The van der Waals surface area contributed by atoms with Gasteiger partial charge in [0.1, 0.15) is 5.69 Å². The summed E-state index contributed by atoms with van der Waals surface area (Å²) < 4.78 is 0. The van der Waals surface area contributed by atoms with Gasteiger partial charge in [0.15, 0.2) is 5.15 Å². The van der Waals surface area contributed by atoms with Crippen molar-refractivity contribution in [2.75, 3.05) is 18.0 Å². The number of amides is 2. The Bertz CT molecular complexity index is 689. The predicted molar refractivity (Wildman–Crippen MR) is 85.5 cm³/mol. The van der Waals surface area contributed by atoms with E-state index in [1.54, 1.807) is 25.4 Å². The van der Waals surface area contributed by atoms with E-state index in [0.29, 0.717) is 17.9 Å². The molecule has 2 rings (SSSR count). The normalized spacial score (nSPS) is 10.3. The molecular formula is C14H16ClN5O3. The van der Waals surface area contributed by atoms with Crippen molar-refractivity contribution >= 4 is 29.3 Å². The monoisotopic (exact) mass is 337 g/mol. The number of hydrogen-bond donors (Lipinski definition) is 3. The number of aromatic nitrogens is 3. The number of halogens is 1. The second kappa shape index (κ2) is 7.59. The van der Waals surface area contributed by atoms with E-state index in [1.807, 2.05) is 6.07 Å². The van der Waals surface area contributed by atoms with Crippen molar-refractivity contribution in [2.24, 2.45) is 0 Å². The molecular weight excluding hydrogens is 322 g/mol. The fourth-order valence-electron chi connectivity index (χ4n) is 2.14. The molecule has 0 saturated carbocycles. The molecule has 0 unspecified atom stereocenters. The van der Waals surface area contributed by atoms with E-state index in [-0.39, 0.29) is 24.0 Å². The first-order valence-electron chi connectivity index (χ1n) is 6.96. The Morgan fingerprint density at radius 2 is 2.26 bits per heavy atom. The van der Waals surface area contributed by atoms with E-state index >= 15 is 0 Å². The van der Waals surface area contributed by atoms with Crippen LogP contribution in [0.5, 0.6) is 0 Å². The molecule has 23 heavy (non-hydrogen) atoms. The maximum absolute atomic E-state index is 12.4. The summed E-state index contributed by atoms with van der Waals surface area (Å²) in [6.45, 7) is 2.21. The molecule has 3 N–H and O–H groups in total. The largest absolute Gasteiger partial charge is 0.465 e. The van der Waals surface area contributed by atoms with Crippen molar-refractivity contribution in [3.63, 3.8) is 0 Å². The fourth-order valence-corrected chi connectivity index (χ4v) is 2.38. The first-order valence-corrected chi connectivity index (χ1v) is 7.33. The van der Waals surface area contributed by atoms with Gasteiger partial charge in [-0.05, 0) is 19.1 Å². The van der Waals surface area contributed by atoms with E-state index < -0.39 is 6.09 Å². The van der Waals surface area contributed by atoms with E-state index in [2.05, 4.69) is 20.5 Å².